The van der Waals surface area contributed by atoms with Gasteiger partial charge in [-0.2, -0.15) is 0 Å². The number of carbonyl (C=O) groups excluding carboxylic acids is 1. The van der Waals surface area contributed by atoms with E-state index in [9.17, 15) is 13.2 Å². The highest BCUT2D eigenvalue weighted by Gasteiger charge is 2.23. The highest BCUT2D eigenvalue weighted by molar-refractivity contribution is 7.89. The van der Waals surface area contributed by atoms with Crippen LogP contribution >= 0.6 is 0 Å². The van der Waals surface area contributed by atoms with E-state index in [-0.39, 0.29) is 17.3 Å². The third-order valence-corrected chi connectivity index (χ3v) is 6.02. The number of hydrogen-bond donors (Lipinski definition) is 1. The van der Waals surface area contributed by atoms with Crippen molar-refractivity contribution in [1.29, 1.82) is 0 Å². The first-order valence-electron chi connectivity index (χ1n) is 8.46. The van der Waals surface area contributed by atoms with Crippen LogP contribution in [0.3, 0.4) is 0 Å². The molecule has 1 aliphatic heterocycles. The van der Waals surface area contributed by atoms with Crippen LogP contribution in [0.2, 0.25) is 0 Å². The molecular weight excluding hydrogens is 368 g/mol. The molecule has 2 aromatic rings. The second kappa shape index (κ2) is 7.58. The summed E-state index contributed by atoms with van der Waals surface area (Å²) < 4.78 is 38.4. The first-order chi connectivity index (χ1) is 12.9. The first kappa shape index (κ1) is 19.2. The monoisotopic (exact) mass is 390 g/mol. The summed E-state index contributed by atoms with van der Waals surface area (Å²) in [6.45, 7) is 0.123. The average Bonchev–Trinajstić information content (AvgIpc) is 2.68. The fourth-order valence-electron chi connectivity index (χ4n) is 3.05. The van der Waals surface area contributed by atoms with Crippen LogP contribution in [0.1, 0.15) is 17.5 Å². The highest BCUT2D eigenvalue weighted by atomic mass is 32.2. The number of methoxy groups -OCH3 is 2. The van der Waals surface area contributed by atoms with Gasteiger partial charge in [-0.1, -0.05) is 6.07 Å². The summed E-state index contributed by atoms with van der Waals surface area (Å²) in [6, 6.07) is 10.1. The Labute approximate surface area is 158 Å². The molecule has 0 unspecified atom stereocenters. The molecule has 27 heavy (non-hydrogen) atoms. The lowest BCUT2D eigenvalue weighted by molar-refractivity contribution is -0.118. The van der Waals surface area contributed by atoms with E-state index < -0.39 is 10.0 Å². The number of anilines is 1. The minimum Gasteiger partial charge on any atom is -0.493 e. The molecular formula is C19H22N2O5S. The molecule has 2 aromatic carbocycles. The zero-order valence-electron chi connectivity index (χ0n) is 15.5. The van der Waals surface area contributed by atoms with Gasteiger partial charge in [0.2, 0.25) is 15.9 Å². The summed E-state index contributed by atoms with van der Waals surface area (Å²) in [4.78, 5) is 13.5. The fourth-order valence-corrected chi connectivity index (χ4v) is 4.12. The Morgan fingerprint density at radius 1 is 1.04 bits per heavy atom. The topological polar surface area (TPSA) is 84.9 Å². The molecule has 0 spiro atoms. The van der Waals surface area contributed by atoms with Gasteiger partial charge in [0.15, 0.2) is 11.5 Å². The van der Waals surface area contributed by atoms with Crippen LogP contribution in [-0.4, -0.2) is 35.6 Å². The van der Waals surface area contributed by atoms with Gasteiger partial charge in [-0.3, -0.25) is 4.79 Å². The van der Waals surface area contributed by atoms with Crippen molar-refractivity contribution < 1.29 is 22.7 Å². The first-order valence-corrected chi connectivity index (χ1v) is 9.94. The van der Waals surface area contributed by atoms with Crippen molar-refractivity contribution in [3.63, 3.8) is 0 Å². The van der Waals surface area contributed by atoms with Crippen molar-refractivity contribution in [2.75, 3.05) is 26.2 Å². The third-order valence-electron chi connectivity index (χ3n) is 4.62. The second-order valence-electron chi connectivity index (χ2n) is 6.26. The zero-order valence-corrected chi connectivity index (χ0v) is 16.3. The third kappa shape index (κ3) is 3.91. The lowest BCUT2D eigenvalue weighted by Gasteiger charge is -2.26. The Bertz CT molecular complexity index is 972. The molecule has 0 saturated heterocycles. The maximum Gasteiger partial charge on any atom is 0.240 e. The van der Waals surface area contributed by atoms with E-state index in [1.165, 1.54) is 13.2 Å². The number of nitrogens with zero attached hydrogens (tertiary/aromatic N) is 1. The predicted octanol–water partition coefficient (Wildman–Crippen LogP) is 2.09. The quantitative estimate of drug-likeness (QED) is 0.816. The summed E-state index contributed by atoms with van der Waals surface area (Å²) in [5.74, 6) is 1.15. The number of nitrogens with one attached hydrogen (secondary N) is 1. The molecule has 144 valence electrons. The van der Waals surface area contributed by atoms with Gasteiger partial charge in [0.05, 0.1) is 19.1 Å². The van der Waals surface area contributed by atoms with E-state index in [1.54, 1.807) is 49.4 Å². The van der Waals surface area contributed by atoms with Crippen molar-refractivity contribution in [2.45, 2.75) is 24.3 Å². The van der Waals surface area contributed by atoms with Gasteiger partial charge < -0.3 is 14.4 Å². The fraction of sp³-hybridized carbons (Fsp3) is 0.316. The molecule has 0 saturated carbocycles. The van der Waals surface area contributed by atoms with Crippen LogP contribution < -0.4 is 19.1 Å². The van der Waals surface area contributed by atoms with Crippen LogP contribution in [-0.2, 0) is 27.8 Å². The summed E-state index contributed by atoms with van der Waals surface area (Å²) in [6.07, 6.45) is 0.920. The molecule has 0 radical (unpaired) electrons. The van der Waals surface area contributed by atoms with Crippen molar-refractivity contribution in [3.8, 4) is 11.5 Å². The van der Waals surface area contributed by atoms with Crippen molar-refractivity contribution in [3.05, 3.63) is 47.5 Å². The Morgan fingerprint density at radius 3 is 2.48 bits per heavy atom. The van der Waals surface area contributed by atoms with E-state index in [2.05, 4.69) is 4.72 Å². The number of rotatable bonds is 6. The molecule has 0 atom stereocenters. The number of benzene rings is 2. The van der Waals surface area contributed by atoms with Gasteiger partial charge in [-0.05, 0) is 47.9 Å². The molecule has 3 rings (SSSR count). The van der Waals surface area contributed by atoms with Gasteiger partial charge in [0.25, 0.3) is 0 Å². The van der Waals surface area contributed by atoms with Crippen molar-refractivity contribution in [1.82, 2.24) is 4.72 Å². The Hall–Kier alpha value is -2.58. The molecule has 0 fully saturated rings. The Morgan fingerprint density at radius 2 is 1.78 bits per heavy atom. The van der Waals surface area contributed by atoms with E-state index in [4.69, 9.17) is 9.47 Å². The number of sulfonamides is 1. The smallest absolute Gasteiger partial charge is 0.240 e. The second-order valence-corrected chi connectivity index (χ2v) is 8.02. The maximum atomic E-state index is 12.7. The molecule has 0 aliphatic carbocycles. The Kier molecular flexibility index (Phi) is 5.38. The SMILES string of the molecule is COc1ccc(CNS(=O)(=O)c2ccc3c(c2)CCC(=O)N3C)cc1OC. The van der Waals surface area contributed by atoms with E-state index in [0.717, 1.165) is 16.8 Å². The molecule has 7 nitrogen and oxygen atoms in total. The number of amides is 1. The standard InChI is InChI=1S/C19H22N2O5S/c1-21-16-7-6-15(11-14(16)5-9-19(21)22)27(23,24)20-12-13-4-8-17(25-2)18(10-13)26-3/h4,6-8,10-11,20H,5,9,12H2,1-3H3. The van der Waals surface area contributed by atoms with Gasteiger partial charge in [0.1, 0.15) is 0 Å². The number of ether oxygens (including phenoxy) is 2. The molecule has 1 heterocycles. The van der Waals surface area contributed by atoms with Crippen LogP contribution in [0.15, 0.2) is 41.3 Å². The van der Waals surface area contributed by atoms with E-state index in [1.807, 2.05) is 0 Å². The number of hydrogen-bond acceptors (Lipinski definition) is 5. The maximum absolute atomic E-state index is 12.7. The van der Waals surface area contributed by atoms with Gasteiger partial charge in [-0.25, -0.2) is 13.1 Å². The minimum absolute atomic E-state index is 0.0321. The number of aryl methyl sites for hydroxylation is 1. The summed E-state index contributed by atoms with van der Waals surface area (Å²) in [5.41, 5.74) is 2.36. The minimum atomic E-state index is -3.68. The van der Waals surface area contributed by atoms with Crippen LogP contribution in [0.4, 0.5) is 5.69 Å². The number of carbonyl (C=O) groups is 1. The highest BCUT2D eigenvalue weighted by Crippen LogP contribution is 2.30. The summed E-state index contributed by atoms with van der Waals surface area (Å²) in [7, 11) is 1.09. The van der Waals surface area contributed by atoms with Gasteiger partial charge in [0, 0.05) is 25.7 Å². The van der Waals surface area contributed by atoms with Crippen molar-refractivity contribution in [2.24, 2.45) is 0 Å². The summed E-state index contributed by atoms with van der Waals surface area (Å²) >= 11 is 0. The van der Waals surface area contributed by atoms with E-state index >= 15 is 0 Å². The molecule has 0 aromatic heterocycles. The average molecular weight is 390 g/mol. The molecule has 8 heteroatoms. The van der Waals surface area contributed by atoms with Crippen molar-refractivity contribution >= 4 is 21.6 Å². The molecule has 1 aliphatic rings. The number of fused-ring (bicyclic) bond motifs is 1. The normalized spacial score (nSPS) is 14.0. The molecule has 1 N–H and O–H groups in total. The van der Waals surface area contributed by atoms with Crippen LogP contribution in [0, 0.1) is 0 Å². The molecule has 0 bridgehead atoms. The largest absolute Gasteiger partial charge is 0.493 e. The molecule has 1 amide bonds. The predicted molar refractivity (Wildman–Crippen MR) is 102 cm³/mol. The van der Waals surface area contributed by atoms with Gasteiger partial charge >= 0.3 is 0 Å². The lowest BCUT2D eigenvalue weighted by atomic mass is 10.0. The Balaban J connectivity index is 1.79. The van der Waals surface area contributed by atoms with Crippen LogP contribution in [0.25, 0.3) is 0 Å². The van der Waals surface area contributed by atoms with Crippen LogP contribution in [0.5, 0.6) is 11.5 Å². The summed E-state index contributed by atoms with van der Waals surface area (Å²) in [5, 5.41) is 0. The zero-order chi connectivity index (χ0) is 19.6. The van der Waals surface area contributed by atoms with Gasteiger partial charge in [-0.15, -0.1) is 0 Å². The van der Waals surface area contributed by atoms with E-state index in [0.29, 0.717) is 24.3 Å². The lowest BCUT2D eigenvalue weighted by Crippen LogP contribution is -2.31.